The van der Waals surface area contributed by atoms with Crippen LogP contribution in [0.2, 0.25) is 0 Å². The molecule has 0 radical (unpaired) electrons. The van der Waals surface area contributed by atoms with E-state index in [1.54, 1.807) is 0 Å². The van der Waals surface area contributed by atoms with Gasteiger partial charge < -0.3 is 9.84 Å². The minimum absolute atomic E-state index is 0.539. The maximum Gasteiger partial charge on any atom is 0.350 e. The standard InChI is InChI=1S/C6H7BrO4/c1-5(7)4(10)11-6(5,2)3(8)9/h1-2H3,(H,8,9)/t5-,6-/m0/s1. The zero-order chi connectivity index (χ0) is 8.86. The quantitative estimate of drug-likeness (QED) is 0.520. The van der Waals surface area contributed by atoms with Gasteiger partial charge in [0.25, 0.3) is 0 Å². The number of cyclic esters (lactones) is 1. The largest absolute Gasteiger partial charge is 0.478 e. The molecule has 1 heterocycles. The summed E-state index contributed by atoms with van der Waals surface area (Å²) in [6, 6.07) is 0. The van der Waals surface area contributed by atoms with E-state index in [-0.39, 0.29) is 0 Å². The zero-order valence-corrected chi connectivity index (χ0v) is 7.64. The molecule has 0 saturated carbocycles. The summed E-state index contributed by atoms with van der Waals surface area (Å²) in [4.78, 5) is 21.3. The van der Waals surface area contributed by atoms with E-state index < -0.39 is 21.9 Å². The summed E-state index contributed by atoms with van der Waals surface area (Å²) in [5.41, 5.74) is -1.43. The summed E-state index contributed by atoms with van der Waals surface area (Å²) in [5.74, 6) is -1.68. The zero-order valence-electron chi connectivity index (χ0n) is 6.05. The number of esters is 1. The van der Waals surface area contributed by atoms with Crippen molar-refractivity contribution < 1.29 is 19.4 Å². The molecule has 0 amide bonds. The molecule has 0 bridgehead atoms. The lowest BCUT2D eigenvalue weighted by molar-refractivity contribution is -0.208. The fourth-order valence-corrected chi connectivity index (χ4v) is 1.10. The fourth-order valence-electron chi connectivity index (χ4n) is 0.770. The molecule has 1 fully saturated rings. The summed E-state index contributed by atoms with van der Waals surface area (Å²) in [6.07, 6.45) is 0. The average Bonchev–Trinajstić information content (AvgIpc) is 1.87. The first-order chi connectivity index (χ1) is 4.82. The molecule has 0 aromatic rings. The summed E-state index contributed by atoms with van der Waals surface area (Å²) >= 11 is 3.00. The van der Waals surface area contributed by atoms with Crippen LogP contribution < -0.4 is 0 Å². The third kappa shape index (κ3) is 0.803. The van der Waals surface area contributed by atoms with E-state index in [1.807, 2.05) is 0 Å². The lowest BCUT2D eigenvalue weighted by Gasteiger charge is -2.45. The van der Waals surface area contributed by atoms with Gasteiger partial charge in [-0.2, -0.15) is 0 Å². The lowest BCUT2D eigenvalue weighted by Crippen LogP contribution is -2.69. The molecule has 0 unspecified atom stereocenters. The van der Waals surface area contributed by atoms with Gasteiger partial charge in [0.2, 0.25) is 5.60 Å². The van der Waals surface area contributed by atoms with Gasteiger partial charge in [-0.15, -0.1) is 0 Å². The van der Waals surface area contributed by atoms with Crippen LogP contribution in [0.4, 0.5) is 0 Å². The normalized spacial score (nSPS) is 42.6. The van der Waals surface area contributed by atoms with Crippen LogP contribution in [0.15, 0.2) is 0 Å². The Balaban J connectivity index is 2.96. The second kappa shape index (κ2) is 1.97. The van der Waals surface area contributed by atoms with E-state index in [2.05, 4.69) is 20.7 Å². The highest BCUT2D eigenvalue weighted by molar-refractivity contribution is 9.10. The van der Waals surface area contributed by atoms with E-state index in [4.69, 9.17) is 5.11 Å². The Morgan fingerprint density at radius 1 is 1.64 bits per heavy atom. The Labute approximate surface area is 71.7 Å². The van der Waals surface area contributed by atoms with Crippen LogP contribution in [-0.4, -0.2) is 27.0 Å². The number of carboxylic acids is 1. The molecule has 1 N–H and O–H groups in total. The molecule has 0 aromatic carbocycles. The van der Waals surface area contributed by atoms with Gasteiger partial charge in [-0.1, -0.05) is 15.9 Å². The SMILES string of the molecule is C[C@]1(Br)C(=O)O[C@@]1(C)C(=O)O. The third-order valence-corrected chi connectivity index (χ3v) is 3.06. The van der Waals surface area contributed by atoms with Gasteiger partial charge in [0.15, 0.2) is 4.32 Å². The van der Waals surface area contributed by atoms with Gasteiger partial charge >= 0.3 is 11.9 Å². The number of aliphatic carboxylic acids is 1. The Morgan fingerprint density at radius 3 is 2.18 bits per heavy atom. The highest BCUT2D eigenvalue weighted by atomic mass is 79.9. The van der Waals surface area contributed by atoms with Crippen molar-refractivity contribution in [3.05, 3.63) is 0 Å². The van der Waals surface area contributed by atoms with Crippen LogP contribution in [0.5, 0.6) is 0 Å². The predicted molar refractivity (Wildman–Crippen MR) is 39.5 cm³/mol. The Kier molecular flexibility index (Phi) is 1.52. The molecule has 0 aromatic heterocycles. The molecule has 1 rings (SSSR count). The summed E-state index contributed by atoms with van der Waals surface area (Å²) in [5, 5.41) is 8.64. The Morgan fingerprint density at radius 2 is 2.09 bits per heavy atom. The molecule has 1 saturated heterocycles. The average molecular weight is 223 g/mol. The van der Waals surface area contributed by atoms with E-state index >= 15 is 0 Å². The van der Waals surface area contributed by atoms with E-state index in [9.17, 15) is 9.59 Å². The van der Waals surface area contributed by atoms with Crippen molar-refractivity contribution in [2.45, 2.75) is 23.8 Å². The highest BCUT2D eigenvalue weighted by Gasteiger charge is 2.67. The van der Waals surface area contributed by atoms with Gasteiger partial charge in [0.1, 0.15) is 0 Å². The van der Waals surface area contributed by atoms with Crippen molar-refractivity contribution in [2.75, 3.05) is 0 Å². The Bertz CT molecular complexity index is 235. The van der Waals surface area contributed by atoms with Crippen LogP contribution >= 0.6 is 15.9 Å². The van der Waals surface area contributed by atoms with Crippen molar-refractivity contribution in [3.8, 4) is 0 Å². The number of carbonyl (C=O) groups is 2. The molecule has 1 aliphatic heterocycles. The molecule has 11 heavy (non-hydrogen) atoms. The number of carbonyl (C=O) groups excluding carboxylic acids is 1. The van der Waals surface area contributed by atoms with Crippen LogP contribution in [0.1, 0.15) is 13.8 Å². The van der Waals surface area contributed by atoms with Crippen molar-refractivity contribution in [1.29, 1.82) is 0 Å². The molecular formula is C6H7BrO4. The molecule has 1 aliphatic rings. The second-order valence-corrected chi connectivity index (χ2v) is 4.32. The first-order valence-electron chi connectivity index (χ1n) is 2.98. The summed E-state index contributed by atoms with van der Waals surface area (Å²) < 4.78 is 3.43. The van der Waals surface area contributed by atoms with Crippen LogP contribution in [0, 0.1) is 0 Å². The predicted octanol–water partition coefficient (Wildman–Crippen LogP) is 0.540. The number of ether oxygens (including phenoxy) is 1. The first kappa shape index (κ1) is 8.52. The monoisotopic (exact) mass is 222 g/mol. The maximum absolute atomic E-state index is 10.7. The second-order valence-electron chi connectivity index (χ2n) is 2.73. The third-order valence-electron chi connectivity index (χ3n) is 1.98. The van der Waals surface area contributed by atoms with Gasteiger partial charge in [-0.25, -0.2) is 4.79 Å². The summed E-state index contributed by atoms with van der Waals surface area (Å²) in [6.45, 7) is 2.83. The number of rotatable bonds is 1. The van der Waals surface area contributed by atoms with Gasteiger partial charge in [0.05, 0.1) is 0 Å². The smallest absolute Gasteiger partial charge is 0.350 e. The van der Waals surface area contributed by atoms with Crippen molar-refractivity contribution in [2.24, 2.45) is 0 Å². The van der Waals surface area contributed by atoms with E-state index in [0.717, 1.165) is 0 Å². The number of carboxylic acid groups (broad SMARTS) is 1. The van der Waals surface area contributed by atoms with Crippen LogP contribution in [-0.2, 0) is 14.3 Å². The molecule has 4 nitrogen and oxygen atoms in total. The maximum atomic E-state index is 10.7. The van der Waals surface area contributed by atoms with E-state index in [0.29, 0.717) is 0 Å². The molecule has 2 atom stereocenters. The molecular weight excluding hydrogens is 216 g/mol. The lowest BCUT2D eigenvalue weighted by atomic mass is 9.85. The van der Waals surface area contributed by atoms with Crippen molar-refractivity contribution in [1.82, 2.24) is 0 Å². The topological polar surface area (TPSA) is 63.6 Å². The number of hydrogen-bond acceptors (Lipinski definition) is 3. The van der Waals surface area contributed by atoms with Crippen molar-refractivity contribution >= 4 is 27.9 Å². The highest BCUT2D eigenvalue weighted by Crippen LogP contribution is 2.44. The van der Waals surface area contributed by atoms with E-state index in [1.165, 1.54) is 13.8 Å². The minimum atomic E-state index is -1.43. The van der Waals surface area contributed by atoms with Gasteiger partial charge in [0, 0.05) is 0 Å². The van der Waals surface area contributed by atoms with Gasteiger partial charge in [-0.3, -0.25) is 4.79 Å². The molecule has 0 spiro atoms. The first-order valence-corrected chi connectivity index (χ1v) is 3.77. The number of halogens is 1. The van der Waals surface area contributed by atoms with Crippen LogP contribution in [0.3, 0.4) is 0 Å². The summed E-state index contributed by atoms with van der Waals surface area (Å²) in [7, 11) is 0. The fraction of sp³-hybridized carbons (Fsp3) is 0.667. The van der Waals surface area contributed by atoms with Crippen molar-refractivity contribution in [3.63, 3.8) is 0 Å². The number of alkyl halides is 1. The Hall–Kier alpha value is -0.580. The number of hydrogen-bond donors (Lipinski definition) is 1. The van der Waals surface area contributed by atoms with Crippen LogP contribution in [0.25, 0.3) is 0 Å². The molecule has 0 aliphatic carbocycles. The van der Waals surface area contributed by atoms with Gasteiger partial charge in [-0.05, 0) is 13.8 Å². The minimum Gasteiger partial charge on any atom is -0.478 e. The molecule has 5 heteroatoms. The molecule has 62 valence electrons.